The van der Waals surface area contributed by atoms with Crippen LogP contribution < -0.4 is 4.74 Å². The normalized spacial score (nSPS) is 18.6. The second kappa shape index (κ2) is 9.71. The second-order valence-electron chi connectivity index (χ2n) is 10.5. The maximum absolute atomic E-state index is 13.9. The molecule has 1 heterocycles. The van der Waals surface area contributed by atoms with Crippen molar-refractivity contribution in [3.63, 3.8) is 0 Å². The van der Waals surface area contributed by atoms with Crippen molar-refractivity contribution in [2.45, 2.75) is 37.9 Å². The van der Waals surface area contributed by atoms with Gasteiger partial charge in [-0.15, -0.1) is 0 Å². The average Bonchev–Trinajstić information content (AvgIpc) is 3.27. The summed E-state index contributed by atoms with van der Waals surface area (Å²) in [4.78, 5) is 11.6. The van der Waals surface area contributed by atoms with Crippen molar-refractivity contribution in [1.29, 1.82) is 0 Å². The quantitative estimate of drug-likeness (QED) is 0.235. The van der Waals surface area contributed by atoms with Crippen LogP contribution in [-0.4, -0.2) is 26.4 Å². The molecule has 0 unspecified atom stereocenters. The van der Waals surface area contributed by atoms with Gasteiger partial charge in [-0.25, -0.2) is 9.18 Å². The molecule has 0 atom stereocenters. The molecule has 0 radical (unpaired) electrons. The van der Waals surface area contributed by atoms with Gasteiger partial charge in [-0.05, 0) is 79.4 Å². The number of carbonyl (C=O) groups is 1. The maximum atomic E-state index is 13.9. The summed E-state index contributed by atoms with van der Waals surface area (Å²) >= 11 is 0. The first kappa shape index (κ1) is 24.9. The van der Waals surface area contributed by atoms with Gasteiger partial charge in [-0.1, -0.05) is 48.5 Å². The van der Waals surface area contributed by atoms with E-state index in [-0.39, 0.29) is 17.3 Å². The minimum atomic E-state index is -0.988. The van der Waals surface area contributed by atoms with Gasteiger partial charge in [0, 0.05) is 22.9 Å². The van der Waals surface area contributed by atoms with Crippen LogP contribution in [-0.2, 0) is 6.61 Å². The summed E-state index contributed by atoms with van der Waals surface area (Å²) in [6.07, 6.45) is 1.15. The summed E-state index contributed by atoms with van der Waals surface area (Å²) in [5.41, 5.74) is 4.93. The highest BCUT2D eigenvalue weighted by atomic mass is 19.1. The second-order valence-corrected chi connectivity index (χ2v) is 10.5. The number of aromatic nitrogens is 1. The molecule has 5 nitrogen and oxygen atoms in total. The lowest BCUT2D eigenvalue weighted by Gasteiger charge is -2.42. The molecule has 1 fully saturated rings. The zero-order valence-electron chi connectivity index (χ0n) is 21.5. The topological polar surface area (TPSA) is 71.7 Å². The molecule has 0 bridgehead atoms. The van der Waals surface area contributed by atoms with Crippen LogP contribution in [0.25, 0.3) is 27.7 Å². The van der Waals surface area contributed by atoms with Gasteiger partial charge in [-0.3, -0.25) is 0 Å². The van der Waals surface area contributed by atoms with E-state index in [1.165, 1.54) is 12.1 Å². The Morgan fingerprint density at radius 1 is 0.949 bits per heavy atom. The van der Waals surface area contributed by atoms with Crippen molar-refractivity contribution in [3.8, 4) is 22.6 Å². The van der Waals surface area contributed by atoms with E-state index in [1.54, 1.807) is 24.3 Å². The van der Waals surface area contributed by atoms with E-state index in [9.17, 15) is 19.4 Å². The Labute approximate surface area is 225 Å². The van der Waals surface area contributed by atoms with Crippen LogP contribution in [0, 0.1) is 5.82 Å². The fourth-order valence-electron chi connectivity index (χ4n) is 5.70. The van der Waals surface area contributed by atoms with Crippen LogP contribution in [0.15, 0.2) is 97.1 Å². The van der Waals surface area contributed by atoms with Gasteiger partial charge in [0.25, 0.3) is 0 Å². The van der Waals surface area contributed by atoms with Crippen LogP contribution in [0.2, 0.25) is 0 Å². The molecular weight excluding hydrogens is 493 g/mol. The predicted molar refractivity (Wildman–Crippen MR) is 149 cm³/mol. The number of nitrogens with zero attached hydrogens (tertiary/aromatic N) is 1. The molecule has 1 aliphatic carbocycles. The lowest BCUT2D eigenvalue weighted by atomic mass is 9.69. The van der Waals surface area contributed by atoms with E-state index in [1.807, 2.05) is 67.6 Å². The number of fused-ring (bicyclic) bond motifs is 1. The molecule has 0 saturated heterocycles. The number of carboxylic acid groups (broad SMARTS) is 1. The minimum absolute atomic E-state index is 0.0357. The Balaban J connectivity index is 1.61. The van der Waals surface area contributed by atoms with Crippen molar-refractivity contribution in [1.82, 2.24) is 4.57 Å². The van der Waals surface area contributed by atoms with E-state index >= 15 is 0 Å². The smallest absolute Gasteiger partial charge is 0.335 e. The number of hydrogen-bond acceptors (Lipinski definition) is 3. The zero-order chi connectivity index (χ0) is 27.1. The number of carboxylic acids is 1. The molecule has 6 heteroatoms. The van der Waals surface area contributed by atoms with Crippen LogP contribution in [0.3, 0.4) is 0 Å². The third-order valence-corrected chi connectivity index (χ3v) is 7.49. The predicted octanol–water partition coefficient (Wildman–Crippen LogP) is 7.34. The Bertz CT molecular complexity index is 1650. The molecule has 5 aromatic rings. The van der Waals surface area contributed by atoms with Gasteiger partial charge in [0.05, 0.1) is 22.1 Å². The van der Waals surface area contributed by atoms with E-state index in [4.69, 9.17) is 4.74 Å². The van der Waals surface area contributed by atoms with Crippen molar-refractivity contribution < 1.29 is 24.1 Å². The largest absolute Gasteiger partial charge is 0.488 e. The van der Waals surface area contributed by atoms with Gasteiger partial charge in [0.2, 0.25) is 0 Å². The number of halogens is 1. The first-order chi connectivity index (χ1) is 18.8. The average molecular weight is 522 g/mol. The van der Waals surface area contributed by atoms with Crippen molar-refractivity contribution >= 4 is 16.9 Å². The standard InChI is InChI=1S/C33H28FNO4/c1-33(38)18-24(19-33)31-29(22-10-12-23(13-11-22)32(36)37)30-27(35(31)26-16-14-25(34)15-17-26)8-5-9-28(30)39-20-21-6-3-2-4-7-21/h2-17,24,38H,18-20H2,1H3,(H,36,37). The van der Waals surface area contributed by atoms with E-state index in [2.05, 4.69) is 4.57 Å². The van der Waals surface area contributed by atoms with E-state index in [0.717, 1.165) is 39.0 Å². The van der Waals surface area contributed by atoms with E-state index in [0.29, 0.717) is 25.2 Å². The SMILES string of the molecule is CC1(O)CC(c2c(-c3ccc(C(=O)O)cc3)c3c(OCc4ccccc4)cccc3n2-c2ccc(F)cc2)C1. The monoisotopic (exact) mass is 521 g/mol. The molecule has 0 aliphatic heterocycles. The minimum Gasteiger partial charge on any atom is -0.488 e. The third kappa shape index (κ3) is 4.68. The highest BCUT2D eigenvalue weighted by Gasteiger charge is 2.43. The van der Waals surface area contributed by atoms with Gasteiger partial charge in [0.1, 0.15) is 18.2 Å². The highest BCUT2D eigenvalue weighted by molar-refractivity contribution is 6.04. The lowest BCUT2D eigenvalue weighted by Crippen LogP contribution is -2.40. The third-order valence-electron chi connectivity index (χ3n) is 7.49. The molecule has 196 valence electrons. The zero-order valence-corrected chi connectivity index (χ0v) is 21.5. The molecule has 2 N–H and O–H groups in total. The fourth-order valence-corrected chi connectivity index (χ4v) is 5.70. The maximum Gasteiger partial charge on any atom is 0.335 e. The Morgan fingerprint density at radius 3 is 2.28 bits per heavy atom. The molecule has 0 spiro atoms. The number of aromatic carboxylic acids is 1. The van der Waals surface area contributed by atoms with Gasteiger partial charge >= 0.3 is 5.97 Å². The fraction of sp³-hybridized carbons (Fsp3) is 0.182. The molecule has 1 aromatic heterocycles. The molecule has 0 amide bonds. The molecule has 1 aliphatic rings. The van der Waals surface area contributed by atoms with Crippen molar-refractivity contribution in [3.05, 3.63) is 120 Å². The summed E-state index contributed by atoms with van der Waals surface area (Å²) in [7, 11) is 0. The molecule has 1 saturated carbocycles. The Morgan fingerprint density at radius 2 is 1.64 bits per heavy atom. The van der Waals surface area contributed by atoms with E-state index < -0.39 is 11.6 Å². The first-order valence-electron chi connectivity index (χ1n) is 13.0. The van der Waals surface area contributed by atoms with Crippen LogP contribution in [0.4, 0.5) is 4.39 Å². The Hall–Kier alpha value is -4.42. The lowest BCUT2D eigenvalue weighted by molar-refractivity contribution is -0.0324. The van der Waals surface area contributed by atoms with Gasteiger partial charge < -0.3 is 19.5 Å². The van der Waals surface area contributed by atoms with Gasteiger partial charge in [0.15, 0.2) is 0 Å². The summed E-state index contributed by atoms with van der Waals surface area (Å²) < 4.78 is 22.5. The number of ether oxygens (including phenoxy) is 1. The molecule has 4 aromatic carbocycles. The number of rotatable bonds is 7. The number of aliphatic hydroxyl groups is 1. The highest BCUT2D eigenvalue weighted by Crippen LogP contribution is 2.52. The van der Waals surface area contributed by atoms with Crippen molar-refractivity contribution in [2.24, 2.45) is 0 Å². The number of benzene rings is 4. The Kier molecular flexibility index (Phi) is 6.20. The van der Waals surface area contributed by atoms with Crippen LogP contribution in [0.1, 0.15) is 47.3 Å². The summed E-state index contributed by atoms with van der Waals surface area (Å²) in [5.74, 6) is -0.576. The summed E-state index contributed by atoms with van der Waals surface area (Å²) in [6.45, 7) is 2.22. The molecule has 39 heavy (non-hydrogen) atoms. The summed E-state index contributed by atoms with van der Waals surface area (Å²) in [5, 5.41) is 21.1. The van der Waals surface area contributed by atoms with Crippen molar-refractivity contribution in [2.75, 3.05) is 0 Å². The number of hydrogen-bond donors (Lipinski definition) is 2. The molecule has 6 rings (SSSR count). The first-order valence-corrected chi connectivity index (χ1v) is 13.0. The van der Waals surface area contributed by atoms with Gasteiger partial charge in [-0.2, -0.15) is 0 Å². The molecular formula is C33H28FNO4. The van der Waals surface area contributed by atoms with Crippen LogP contribution >= 0.6 is 0 Å². The van der Waals surface area contributed by atoms with Crippen LogP contribution in [0.5, 0.6) is 5.75 Å². The summed E-state index contributed by atoms with van der Waals surface area (Å²) in [6, 6.07) is 29.1.